The van der Waals surface area contributed by atoms with Crippen LogP contribution in [0.4, 0.5) is 0 Å². The lowest BCUT2D eigenvalue weighted by molar-refractivity contribution is -0.128. The van der Waals surface area contributed by atoms with Gasteiger partial charge in [0.25, 0.3) is 0 Å². The zero-order valence-corrected chi connectivity index (χ0v) is 7.61. The van der Waals surface area contributed by atoms with Gasteiger partial charge in [0.2, 0.25) is 5.91 Å². The van der Waals surface area contributed by atoms with Gasteiger partial charge in [0.1, 0.15) is 0 Å². The summed E-state index contributed by atoms with van der Waals surface area (Å²) in [5.41, 5.74) is 0.816. The van der Waals surface area contributed by atoms with Gasteiger partial charge in [0.15, 0.2) is 0 Å². The van der Waals surface area contributed by atoms with Crippen LogP contribution in [-0.4, -0.2) is 34.7 Å². The minimum Gasteiger partial charge on any atom is -0.348 e. The van der Waals surface area contributed by atoms with E-state index >= 15 is 0 Å². The number of carbonyl (C=O) groups excluding carboxylic acids is 1. The maximum Gasteiger partial charge on any atom is 0.228 e. The van der Waals surface area contributed by atoms with Gasteiger partial charge in [0.05, 0.1) is 12.1 Å². The van der Waals surface area contributed by atoms with Gasteiger partial charge in [-0.1, -0.05) is 0 Å². The zero-order chi connectivity index (χ0) is 9.14. The molecule has 0 N–H and O–H groups in total. The predicted octanol–water partition coefficient (Wildman–Crippen LogP) is 0.0508. The van der Waals surface area contributed by atoms with Crippen LogP contribution in [0.15, 0.2) is 12.3 Å². The molecule has 0 aliphatic heterocycles. The summed E-state index contributed by atoms with van der Waals surface area (Å²) in [7, 11) is 5.32. The van der Waals surface area contributed by atoms with Crippen molar-refractivity contribution in [2.45, 2.75) is 6.42 Å². The molecule has 0 bridgehead atoms. The number of amides is 1. The molecule has 0 saturated heterocycles. The summed E-state index contributed by atoms with van der Waals surface area (Å²) in [6, 6.07) is 1.85. The normalized spacial score (nSPS) is 9.92. The van der Waals surface area contributed by atoms with E-state index in [0.29, 0.717) is 6.42 Å². The summed E-state index contributed by atoms with van der Waals surface area (Å²) in [5.74, 6) is 0.0775. The van der Waals surface area contributed by atoms with Gasteiger partial charge >= 0.3 is 0 Å². The number of rotatable bonds is 2. The molecule has 1 amide bonds. The van der Waals surface area contributed by atoms with Crippen LogP contribution in [0.5, 0.6) is 0 Å². The van der Waals surface area contributed by atoms with Crippen molar-refractivity contribution < 1.29 is 4.79 Å². The van der Waals surface area contributed by atoms with Gasteiger partial charge in [-0.25, -0.2) is 0 Å². The quantitative estimate of drug-likeness (QED) is 0.624. The standard InChI is InChI=1S/C8H13N3O/c1-10(2)8(12)6-7-4-5-11(3)9-7/h4-5H,6H2,1-3H3. The van der Waals surface area contributed by atoms with E-state index in [0.717, 1.165) is 5.69 Å². The number of hydrogen-bond acceptors (Lipinski definition) is 2. The van der Waals surface area contributed by atoms with Crippen molar-refractivity contribution in [1.82, 2.24) is 14.7 Å². The van der Waals surface area contributed by atoms with Crippen molar-refractivity contribution in [2.75, 3.05) is 14.1 Å². The highest BCUT2D eigenvalue weighted by molar-refractivity contribution is 5.77. The van der Waals surface area contributed by atoms with E-state index in [1.54, 1.807) is 23.7 Å². The third-order valence-electron chi connectivity index (χ3n) is 1.60. The maximum atomic E-state index is 11.2. The molecular weight excluding hydrogens is 154 g/mol. The number of aryl methyl sites for hydroxylation is 1. The molecule has 4 heteroatoms. The fourth-order valence-electron chi connectivity index (χ4n) is 0.871. The Balaban J connectivity index is 2.58. The highest BCUT2D eigenvalue weighted by Crippen LogP contribution is 1.96. The second-order valence-electron chi connectivity index (χ2n) is 2.95. The first-order chi connectivity index (χ1) is 5.59. The van der Waals surface area contributed by atoms with Gasteiger partial charge in [-0.3, -0.25) is 9.48 Å². The van der Waals surface area contributed by atoms with Gasteiger partial charge in [-0.15, -0.1) is 0 Å². The summed E-state index contributed by atoms with van der Waals surface area (Å²) in [5, 5.41) is 4.10. The monoisotopic (exact) mass is 167 g/mol. The highest BCUT2D eigenvalue weighted by atomic mass is 16.2. The Hall–Kier alpha value is -1.32. The summed E-state index contributed by atoms with van der Waals surface area (Å²) < 4.78 is 1.69. The van der Waals surface area contributed by atoms with E-state index in [1.807, 2.05) is 19.3 Å². The highest BCUT2D eigenvalue weighted by Gasteiger charge is 2.06. The lowest BCUT2D eigenvalue weighted by Crippen LogP contribution is -2.23. The molecular formula is C8H13N3O. The first-order valence-corrected chi connectivity index (χ1v) is 3.78. The number of hydrogen-bond donors (Lipinski definition) is 0. The number of aromatic nitrogens is 2. The Morgan fingerprint density at radius 1 is 1.67 bits per heavy atom. The predicted molar refractivity (Wildman–Crippen MR) is 45.6 cm³/mol. The lowest BCUT2D eigenvalue weighted by atomic mass is 10.3. The number of likely N-dealkylation sites (N-methyl/N-ethyl adjacent to an activating group) is 1. The van der Waals surface area contributed by atoms with Crippen LogP contribution in [0.3, 0.4) is 0 Å². The van der Waals surface area contributed by atoms with Crippen molar-refractivity contribution in [1.29, 1.82) is 0 Å². The van der Waals surface area contributed by atoms with Crippen molar-refractivity contribution in [3.63, 3.8) is 0 Å². The lowest BCUT2D eigenvalue weighted by Gasteiger charge is -2.07. The summed E-state index contributed by atoms with van der Waals surface area (Å²) in [4.78, 5) is 12.8. The van der Waals surface area contributed by atoms with Gasteiger partial charge < -0.3 is 4.90 Å². The van der Waals surface area contributed by atoms with E-state index in [-0.39, 0.29) is 5.91 Å². The van der Waals surface area contributed by atoms with E-state index in [9.17, 15) is 4.79 Å². The smallest absolute Gasteiger partial charge is 0.228 e. The molecule has 0 aromatic carbocycles. The van der Waals surface area contributed by atoms with Gasteiger partial charge in [-0.2, -0.15) is 5.10 Å². The fraction of sp³-hybridized carbons (Fsp3) is 0.500. The Bertz CT molecular complexity index is 278. The average Bonchev–Trinajstić information content (AvgIpc) is 2.35. The molecule has 1 aromatic rings. The molecule has 0 saturated carbocycles. The topological polar surface area (TPSA) is 38.1 Å². The van der Waals surface area contributed by atoms with Crippen molar-refractivity contribution in [2.24, 2.45) is 7.05 Å². The van der Waals surface area contributed by atoms with E-state index in [4.69, 9.17) is 0 Å². The Morgan fingerprint density at radius 2 is 2.33 bits per heavy atom. The van der Waals surface area contributed by atoms with E-state index in [1.165, 1.54) is 0 Å². The molecule has 0 aliphatic carbocycles. The molecule has 1 heterocycles. The average molecular weight is 167 g/mol. The Labute approximate surface area is 71.8 Å². The maximum absolute atomic E-state index is 11.2. The van der Waals surface area contributed by atoms with E-state index < -0.39 is 0 Å². The second kappa shape index (κ2) is 3.38. The molecule has 0 spiro atoms. The molecule has 12 heavy (non-hydrogen) atoms. The number of nitrogens with zero attached hydrogens (tertiary/aromatic N) is 3. The van der Waals surface area contributed by atoms with Crippen molar-refractivity contribution >= 4 is 5.91 Å². The van der Waals surface area contributed by atoms with Gasteiger partial charge in [0, 0.05) is 27.3 Å². The fourth-order valence-corrected chi connectivity index (χ4v) is 0.871. The molecule has 1 rings (SSSR count). The molecule has 1 aromatic heterocycles. The van der Waals surface area contributed by atoms with Crippen LogP contribution >= 0.6 is 0 Å². The molecule has 0 atom stereocenters. The van der Waals surface area contributed by atoms with Crippen LogP contribution in [0.1, 0.15) is 5.69 Å². The van der Waals surface area contributed by atoms with Crippen LogP contribution in [0, 0.1) is 0 Å². The first kappa shape index (κ1) is 8.77. The minimum atomic E-state index is 0.0775. The molecule has 0 fully saturated rings. The van der Waals surface area contributed by atoms with Crippen molar-refractivity contribution in [3.8, 4) is 0 Å². The molecule has 0 aliphatic rings. The molecule has 0 unspecified atom stereocenters. The molecule has 66 valence electrons. The SMILES string of the molecule is CN(C)C(=O)Cc1ccn(C)n1. The molecule has 4 nitrogen and oxygen atoms in total. The zero-order valence-electron chi connectivity index (χ0n) is 7.61. The summed E-state index contributed by atoms with van der Waals surface area (Å²) in [6.45, 7) is 0. The molecule has 0 radical (unpaired) electrons. The van der Waals surface area contributed by atoms with Crippen LogP contribution in [-0.2, 0) is 18.3 Å². The largest absolute Gasteiger partial charge is 0.348 e. The van der Waals surface area contributed by atoms with Crippen LogP contribution in [0.2, 0.25) is 0 Å². The van der Waals surface area contributed by atoms with Crippen molar-refractivity contribution in [3.05, 3.63) is 18.0 Å². The first-order valence-electron chi connectivity index (χ1n) is 3.78. The van der Waals surface area contributed by atoms with Crippen LogP contribution < -0.4 is 0 Å². The number of carbonyl (C=O) groups is 1. The third-order valence-corrected chi connectivity index (χ3v) is 1.60. The Morgan fingerprint density at radius 3 is 2.75 bits per heavy atom. The summed E-state index contributed by atoms with van der Waals surface area (Å²) in [6.07, 6.45) is 2.21. The third kappa shape index (κ3) is 2.08. The summed E-state index contributed by atoms with van der Waals surface area (Å²) >= 11 is 0. The van der Waals surface area contributed by atoms with Crippen LogP contribution in [0.25, 0.3) is 0 Å². The second-order valence-corrected chi connectivity index (χ2v) is 2.95. The Kier molecular flexibility index (Phi) is 2.47. The van der Waals surface area contributed by atoms with Gasteiger partial charge in [-0.05, 0) is 6.07 Å². The van der Waals surface area contributed by atoms with E-state index in [2.05, 4.69) is 5.10 Å². The minimum absolute atomic E-state index is 0.0775.